The van der Waals surface area contributed by atoms with Gasteiger partial charge in [0.25, 0.3) is 0 Å². The molecule has 4 aromatic carbocycles. The Hall–Kier alpha value is -2.38. The quantitative estimate of drug-likeness (QED) is 0.493. The minimum absolute atomic E-state index is 0.0798. The van der Waals surface area contributed by atoms with E-state index >= 15 is 0 Å². The van der Waals surface area contributed by atoms with Crippen LogP contribution in [0.5, 0.6) is 0 Å². The molecule has 0 saturated heterocycles. The van der Waals surface area contributed by atoms with Crippen LogP contribution in [0.3, 0.4) is 0 Å². The molecule has 0 bridgehead atoms. The van der Waals surface area contributed by atoms with Gasteiger partial charge in [0.05, 0.1) is 6.61 Å². The molecule has 96 valence electrons. The molecule has 0 spiro atoms. The summed E-state index contributed by atoms with van der Waals surface area (Å²) in [6, 6.07) is 23.3. The van der Waals surface area contributed by atoms with Crippen molar-refractivity contribution in [3.8, 4) is 0 Å². The number of fused-ring (bicyclic) bond motifs is 3. The van der Waals surface area contributed by atoms with Crippen LogP contribution >= 0.6 is 0 Å². The summed E-state index contributed by atoms with van der Waals surface area (Å²) >= 11 is 0. The molecule has 0 aliphatic rings. The third-order valence-corrected chi connectivity index (χ3v) is 3.96. The highest BCUT2D eigenvalue weighted by atomic mass is 16.3. The molecule has 0 saturated carbocycles. The van der Waals surface area contributed by atoms with Gasteiger partial charge in [-0.05, 0) is 62.1 Å². The van der Waals surface area contributed by atoms with Gasteiger partial charge in [0.2, 0.25) is 0 Å². The van der Waals surface area contributed by atoms with Crippen molar-refractivity contribution >= 4 is 32.3 Å². The maximum Gasteiger partial charge on any atom is 0.0687 e. The van der Waals surface area contributed by atoms with Gasteiger partial charge in [-0.1, -0.05) is 42.5 Å². The lowest BCUT2D eigenvalue weighted by molar-refractivity contribution is 0.283. The van der Waals surface area contributed by atoms with E-state index in [0.717, 1.165) is 10.9 Å². The summed E-state index contributed by atoms with van der Waals surface area (Å²) in [6.45, 7) is 0.0798. The van der Waals surface area contributed by atoms with Crippen LogP contribution in [0.15, 0.2) is 66.7 Å². The molecule has 0 aliphatic carbocycles. The van der Waals surface area contributed by atoms with Crippen LogP contribution in [-0.2, 0) is 6.61 Å². The van der Waals surface area contributed by atoms with Gasteiger partial charge < -0.3 is 5.11 Å². The molecule has 0 radical (unpaired) electrons. The van der Waals surface area contributed by atoms with Crippen molar-refractivity contribution in [1.29, 1.82) is 0 Å². The van der Waals surface area contributed by atoms with E-state index in [1.165, 1.54) is 26.9 Å². The summed E-state index contributed by atoms with van der Waals surface area (Å²) in [5, 5.41) is 16.8. The zero-order valence-corrected chi connectivity index (χ0v) is 11.0. The van der Waals surface area contributed by atoms with Gasteiger partial charge in [-0.2, -0.15) is 0 Å². The summed E-state index contributed by atoms with van der Waals surface area (Å²) < 4.78 is 0. The molecule has 4 rings (SSSR count). The van der Waals surface area contributed by atoms with Gasteiger partial charge in [-0.15, -0.1) is 0 Å². The lowest BCUT2D eigenvalue weighted by atomic mass is 9.97. The highest BCUT2D eigenvalue weighted by Gasteiger charge is 2.03. The third kappa shape index (κ3) is 1.68. The molecule has 0 unspecified atom stereocenters. The maximum atomic E-state index is 9.48. The number of aliphatic hydroxyl groups excluding tert-OH is 1. The monoisotopic (exact) mass is 258 g/mol. The summed E-state index contributed by atoms with van der Waals surface area (Å²) in [5.41, 5.74) is 0.984. The SMILES string of the molecule is OCc1cccc2cc3cc4ccccc4cc3cc12. The van der Waals surface area contributed by atoms with E-state index in [1.54, 1.807) is 0 Å². The second kappa shape index (κ2) is 4.32. The first kappa shape index (κ1) is 11.4. The van der Waals surface area contributed by atoms with Crippen molar-refractivity contribution in [2.75, 3.05) is 0 Å². The fraction of sp³-hybridized carbons (Fsp3) is 0.0526. The zero-order valence-electron chi connectivity index (χ0n) is 11.0. The van der Waals surface area contributed by atoms with Crippen LogP contribution < -0.4 is 0 Å². The number of aliphatic hydroxyl groups is 1. The van der Waals surface area contributed by atoms with Crippen molar-refractivity contribution in [1.82, 2.24) is 0 Å². The number of benzene rings is 4. The largest absolute Gasteiger partial charge is 0.392 e. The molecule has 20 heavy (non-hydrogen) atoms. The number of rotatable bonds is 1. The Labute approximate surface area is 117 Å². The zero-order chi connectivity index (χ0) is 13.5. The molecule has 4 aromatic rings. The second-order valence-corrected chi connectivity index (χ2v) is 5.20. The van der Waals surface area contributed by atoms with Crippen molar-refractivity contribution in [3.05, 3.63) is 72.3 Å². The normalized spacial score (nSPS) is 11.4. The number of hydrogen-bond donors (Lipinski definition) is 1. The Morgan fingerprint density at radius 2 is 1.20 bits per heavy atom. The van der Waals surface area contributed by atoms with Gasteiger partial charge in [0.1, 0.15) is 0 Å². The van der Waals surface area contributed by atoms with Gasteiger partial charge >= 0.3 is 0 Å². The Morgan fingerprint density at radius 1 is 0.600 bits per heavy atom. The maximum absolute atomic E-state index is 9.48. The van der Waals surface area contributed by atoms with Crippen LogP contribution in [0.2, 0.25) is 0 Å². The highest BCUT2D eigenvalue weighted by molar-refractivity contribution is 6.05. The Kier molecular flexibility index (Phi) is 2.48. The highest BCUT2D eigenvalue weighted by Crippen LogP contribution is 2.29. The predicted octanol–water partition coefficient (Wildman–Crippen LogP) is 4.64. The van der Waals surface area contributed by atoms with Crippen molar-refractivity contribution < 1.29 is 5.11 Å². The van der Waals surface area contributed by atoms with E-state index in [9.17, 15) is 5.11 Å². The standard InChI is InChI=1S/C19H14O/c20-12-16-7-3-6-15-10-17-8-13-4-1-2-5-14(13)9-18(17)11-19(15)16/h1-11,20H,12H2. The van der Waals surface area contributed by atoms with E-state index in [4.69, 9.17) is 0 Å². The first-order chi connectivity index (χ1) is 9.85. The molecule has 0 amide bonds. The molecular formula is C19H14O. The smallest absolute Gasteiger partial charge is 0.0687 e. The second-order valence-electron chi connectivity index (χ2n) is 5.20. The van der Waals surface area contributed by atoms with Crippen LogP contribution in [0.1, 0.15) is 5.56 Å². The summed E-state index contributed by atoms with van der Waals surface area (Å²) in [4.78, 5) is 0. The van der Waals surface area contributed by atoms with Crippen molar-refractivity contribution in [3.63, 3.8) is 0 Å². The summed E-state index contributed by atoms with van der Waals surface area (Å²) in [5.74, 6) is 0. The Morgan fingerprint density at radius 3 is 1.90 bits per heavy atom. The lowest BCUT2D eigenvalue weighted by Gasteiger charge is -2.08. The molecule has 0 heterocycles. The summed E-state index contributed by atoms with van der Waals surface area (Å²) in [6.07, 6.45) is 0. The molecule has 0 atom stereocenters. The number of hydrogen-bond acceptors (Lipinski definition) is 1. The van der Waals surface area contributed by atoms with Gasteiger partial charge in [0.15, 0.2) is 0 Å². The van der Waals surface area contributed by atoms with Gasteiger partial charge in [-0.3, -0.25) is 0 Å². The van der Waals surface area contributed by atoms with E-state index in [2.05, 4.69) is 54.6 Å². The minimum Gasteiger partial charge on any atom is -0.392 e. The molecule has 1 nitrogen and oxygen atoms in total. The Bertz CT molecular complexity index is 938. The average Bonchev–Trinajstić information content (AvgIpc) is 2.50. The van der Waals surface area contributed by atoms with Crippen molar-refractivity contribution in [2.45, 2.75) is 6.61 Å². The third-order valence-electron chi connectivity index (χ3n) is 3.96. The van der Waals surface area contributed by atoms with E-state index in [1.807, 2.05) is 12.1 Å². The topological polar surface area (TPSA) is 20.2 Å². The van der Waals surface area contributed by atoms with E-state index in [0.29, 0.717) is 0 Å². The minimum atomic E-state index is 0.0798. The van der Waals surface area contributed by atoms with E-state index < -0.39 is 0 Å². The lowest BCUT2D eigenvalue weighted by Crippen LogP contribution is -1.86. The molecule has 0 aliphatic heterocycles. The summed E-state index contributed by atoms with van der Waals surface area (Å²) in [7, 11) is 0. The fourth-order valence-corrected chi connectivity index (χ4v) is 2.92. The van der Waals surface area contributed by atoms with Gasteiger partial charge in [0, 0.05) is 0 Å². The average molecular weight is 258 g/mol. The molecule has 1 N–H and O–H groups in total. The van der Waals surface area contributed by atoms with Crippen LogP contribution in [0, 0.1) is 0 Å². The predicted molar refractivity (Wildman–Crippen MR) is 84.9 cm³/mol. The van der Waals surface area contributed by atoms with Gasteiger partial charge in [-0.25, -0.2) is 0 Å². The van der Waals surface area contributed by atoms with Crippen molar-refractivity contribution in [2.24, 2.45) is 0 Å². The van der Waals surface area contributed by atoms with Crippen LogP contribution in [-0.4, -0.2) is 5.11 Å². The molecule has 0 fully saturated rings. The Balaban J connectivity index is 2.15. The molecular weight excluding hydrogens is 244 g/mol. The first-order valence-electron chi connectivity index (χ1n) is 6.80. The molecule has 1 heteroatoms. The van der Waals surface area contributed by atoms with Crippen LogP contribution in [0.4, 0.5) is 0 Å². The fourth-order valence-electron chi connectivity index (χ4n) is 2.92. The molecule has 0 aromatic heterocycles. The van der Waals surface area contributed by atoms with Crippen LogP contribution in [0.25, 0.3) is 32.3 Å². The van der Waals surface area contributed by atoms with E-state index in [-0.39, 0.29) is 6.61 Å². The first-order valence-corrected chi connectivity index (χ1v) is 6.80.